The van der Waals surface area contributed by atoms with E-state index in [0.717, 1.165) is 17.9 Å². The Morgan fingerprint density at radius 2 is 2.06 bits per heavy atom. The van der Waals surface area contributed by atoms with E-state index in [-0.39, 0.29) is 0 Å². The number of halogens is 2. The van der Waals surface area contributed by atoms with Crippen molar-refractivity contribution in [2.45, 2.75) is 20.4 Å². The molecule has 90 valence electrons. The lowest BCUT2D eigenvalue weighted by Gasteiger charge is -2.05. The molecule has 0 atom stereocenters. The molecule has 2 aromatic rings. The topological polar surface area (TPSA) is 43.8 Å². The van der Waals surface area contributed by atoms with Crippen LogP contribution in [0.1, 0.15) is 12.7 Å². The molecule has 0 aliphatic heterocycles. The Balaban J connectivity index is 2.61. The van der Waals surface area contributed by atoms with Crippen LogP contribution < -0.4 is 5.73 Å². The molecule has 2 rings (SSSR count). The summed E-state index contributed by atoms with van der Waals surface area (Å²) in [7, 11) is 0. The van der Waals surface area contributed by atoms with Gasteiger partial charge in [0.1, 0.15) is 17.3 Å². The molecular weight excluding hydrogens is 257 g/mol. The smallest absolute Gasteiger partial charge is 0.131 e. The quantitative estimate of drug-likeness (QED) is 0.902. The lowest BCUT2D eigenvalue weighted by molar-refractivity contribution is 0.739. The van der Waals surface area contributed by atoms with Crippen molar-refractivity contribution in [3.63, 3.8) is 0 Å². The van der Waals surface area contributed by atoms with Gasteiger partial charge in [0.25, 0.3) is 0 Å². The summed E-state index contributed by atoms with van der Waals surface area (Å²) in [5.41, 5.74) is 7.59. The summed E-state index contributed by atoms with van der Waals surface area (Å²) < 4.78 is 1.94. The number of hydrogen-bond acceptors (Lipinski definition) is 2. The Labute approximate surface area is 110 Å². The number of nitrogen functional groups attached to an aromatic ring is 1. The highest BCUT2D eigenvalue weighted by atomic mass is 35.5. The molecule has 0 spiro atoms. The summed E-state index contributed by atoms with van der Waals surface area (Å²) in [4.78, 5) is 4.45. The predicted molar refractivity (Wildman–Crippen MR) is 72.5 cm³/mol. The zero-order valence-electron chi connectivity index (χ0n) is 9.67. The normalized spacial score (nSPS) is 10.8. The van der Waals surface area contributed by atoms with E-state index in [1.54, 1.807) is 12.1 Å². The van der Waals surface area contributed by atoms with Gasteiger partial charge in [-0.1, -0.05) is 23.2 Å². The highest BCUT2D eigenvalue weighted by Gasteiger charge is 2.15. The molecule has 1 heterocycles. The Hall–Kier alpha value is -1.19. The van der Waals surface area contributed by atoms with Crippen LogP contribution in [0.5, 0.6) is 0 Å². The molecule has 0 aliphatic rings. The van der Waals surface area contributed by atoms with Gasteiger partial charge in [-0.05, 0) is 32.0 Å². The number of aromatic nitrogens is 2. The number of nitrogens with zero attached hydrogens (tertiary/aromatic N) is 2. The maximum atomic E-state index is 6.15. The minimum absolute atomic E-state index is 0.560. The molecule has 5 heteroatoms. The Kier molecular flexibility index (Phi) is 3.31. The summed E-state index contributed by atoms with van der Waals surface area (Å²) in [6.45, 7) is 4.74. The van der Waals surface area contributed by atoms with E-state index in [4.69, 9.17) is 28.9 Å². The van der Waals surface area contributed by atoms with Crippen LogP contribution in [0.15, 0.2) is 18.2 Å². The molecule has 0 saturated carbocycles. The second-order valence-electron chi connectivity index (χ2n) is 3.76. The largest absolute Gasteiger partial charge is 0.383 e. The standard InChI is InChI=1S/C12H13Cl2N3/c1-3-17-7(2)16-11(12(17)15)9-5-4-8(13)6-10(9)14/h4-6H,3,15H2,1-2H3. The lowest BCUT2D eigenvalue weighted by atomic mass is 10.1. The Morgan fingerprint density at radius 3 is 2.59 bits per heavy atom. The van der Waals surface area contributed by atoms with Crippen LogP contribution >= 0.6 is 23.2 Å². The van der Waals surface area contributed by atoms with Gasteiger partial charge in [-0.3, -0.25) is 0 Å². The van der Waals surface area contributed by atoms with Gasteiger partial charge >= 0.3 is 0 Å². The fraction of sp³-hybridized carbons (Fsp3) is 0.250. The molecule has 17 heavy (non-hydrogen) atoms. The van der Waals surface area contributed by atoms with Crippen LogP contribution in [0, 0.1) is 6.92 Å². The number of rotatable bonds is 2. The minimum Gasteiger partial charge on any atom is -0.383 e. The van der Waals surface area contributed by atoms with Gasteiger partial charge in [0.05, 0.1) is 5.02 Å². The molecule has 0 bridgehead atoms. The van der Waals surface area contributed by atoms with Crippen LogP contribution in [0.25, 0.3) is 11.3 Å². The van der Waals surface area contributed by atoms with Crippen molar-refractivity contribution in [2.75, 3.05) is 5.73 Å². The first-order chi connectivity index (χ1) is 8.04. The maximum Gasteiger partial charge on any atom is 0.131 e. The van der Waals surface area contributed by atoms with Gasteiger partial charge in [0.15, 0.2) is 0 Å². The fourth-order valence-electron chi connectivity index (χ4n) is 1.86. The van der Waals surface area contributed by atoms with E-state index in [1.165, 1.54) is 0 Å². The van der Waals surface area contributed by atoms with Crippen molar-refractivity contribution in [1.29, 1.82) is 0 Å². The first-order valence-corrected chi connectivity index (χ1v) is 6.08. The highest BCUT2D eigenvalue weighted by Crippen LogP contribution is 2.33. The number of nitrogens with two attached hydrogens (primary N) is 1. The summed E-state index contributed by atoms with van der Waals surface area (Å²) in [5.74, 6) is 1.51. The van der Waals surface area contributed by atoms with Crippen molar-refractivity contribution < 1.29 is 0 Å². The van der Waals surface area contributed by atoms with Crippen LogP contribution in [0.4, 0.5) is 5.82 Å². The first kappa shape index (κ1) is 12.3. The van der Waals surface area contributed by atoms with E-state index in [2.05, 4.69) is 4.98 Å². The summed E-state index contributed by atoms with van der Waals surface area (Å²) in [5, 5.41) is 1.16. The average molecular weight is 270 g/mol. The lowest BCUT2D eigenvalue weighted by Crippen LogP contribution is -2.02. The van der Waals surface area contributed by atoms with Gasteiger partial charge in [0.2, 0.25) is 0 Å². The van der Waals surface area contributed by atoms with Crippen molar-refractivity contribution in [3.8, 4) is 11.3 Å². The van der Waals surface area contributed by atoms with Crippen LogP contribution in [-0.4, -0.2) is 9.55 Å². The molecule has 0 aliphatic carbocycles. The van der Waals surface area contributed by atoms with Crippen molar-refractivity contribution in [1.82, 2.24) is 9.55 Å². The first-order valence-electron chi connectivity index (χ1n) is 5.32. The number of benzene rings is 1. The van der Waals surface area contributed by atoms with Crippen LogP contribution in [0.2, 0.25) is 10.0 Å². The summed E-state index contributed by atoms with van der Waals surface area (Å²) >= 11 is 12.0. The molecule has 1 aromatic carbocycles. The third-order valence-corrected chi connectivity index (χ3v) is 3.25. The van der Waals surface area contributed by atoms with E-state index < -0.39 is 0 Å². The van der Waals surface area contributed by atoms with Crippen molar-refractivity contribution >= 4 is 29.0 Å². The van der Waals surface area contributed by atoms with Gasteiger partial charge in [0, 0.05) is 17.1 Å². The molecule has 3 nitrogen and oxygen atoms in total. The maximum absolute atomic E-state index is 6.15. The van der Waals surface area contributed by atoms with Gasteiger partial charge in [-0.25, -0.2) is 4.98 Å². The summed E-state index contributed by atoms with van der Waals surface area (Å²) in [6.07, 6.45) is 0. The Bertz CT molecular complexity index is 561. The molecule has 0 radical (unpaired) electrons. The van der Waals surface area contributed by atoms with Crippen LogP contribution in [-0.2, 0) is 6.54 Å². The van der Waals surface area contributed by atoms with Gasteiger partial charge < -0.3 is 10.3 Å². The number of aryl methyl sites for hydroxylation is 1. The van der Waals surface area contributed by atoms with E-state index in [9.17, 15) is 0 Å². The molecule has 0 unspecified atom stereocenters. The van der Waals surface area contributed by atoms with E-state index in [1.807, 2.05) is 24.5 Å². The monoisotopic (exact) mass is 269 g/mol. The second kappa shape index (κ2) is 4.59. The third kappa shape index (κ3) is 2.13. The molecule has 0 saturated heterocycles. The average Bonchev–Trinajstić information content (AvgIpc) is 2.54. The van der Waals surface area contributed by atoms with E-state index >= 15 is 0 Å². The molecular formula is C12H13Cl2N3. The number of imidazole rings is 1. The van der Waals surface area contributed by atoms with Gasteiger partial charge in [-0.15, -0.1) is 0 Å². The zero-order chi connectivity index (χ0) is 12.6. The fourth-order valence-corrected chi connectivity index (χ4v) is 2.36. The third-order valence-electron chi connectivity index (χ3n) is 2.70. The Morgan fingerprint density at radius 1 is 1.35 bits per heavy atom. The predicted octanol–water partition coefficient (Wildman–Crippen LogP) is 3.77. The number of hydrogen-bond donors (Lipinski definition) is 1. The van der Waals surface area contributed by atoms with Crippen molar-refractivity contribution in [3.05, 3.63) is 34.1 Å². The molecule has 2 N–H and O–H groups in total. The molecule has 1 aromatic heterocycles. The second-order valence-corrected chi connectivity index (χ2v) is 4.60. The minimum atomic E-state index is 0.560. The van der Waals surface area contributed by atoms with E-state index in [0.29, 0.717) is 21.6 Å². The molecule has 0 fully saturated rings. The van der Waals surface area contributed by atoms with Crippen LogP contribution in [0.3, 0.4) is 0 Å². The number of anilines is 1. The van der Waals surface area contributed by atoms with Crippen molar-refractivity contribution in [2.24, 2.45) is 0 Å². The molecule has 0 amide bonds. The zero-order valence-corrected chi connectivity index (χ0v) is 11.2. The SMILES string of the molecule is CCn1c(C)nc(-c2ccc(Cl)cc2Cl)c1N. The van der Waals surface area contributed by atoms with Gasteiger partial charge in [-0.2, -0.15) is 0 Å². The highest BCUT2D eigenvalue weighted by molar-refractivity contribution is 6.36. The summed E-state index contributed by atoms with van der Waals surface area (Å²) in [6, 6.07) is 5.31.